The van der Waals surface area contributed by atoms with E-state index in [9.17, 15) is 0 Å². The molecule has 1 fully saturated rings. The lowest BCUT2D eigenvalue weighted by Crippen LogP contribution is -2.58. The molecule has 0 aliphatic heterocycles. The van der Waals surface area contributed by atoms with Gasteiger partial charge in [-0.1, -0.05) is 13.8 Å². The molecule has 0 amide bonds. The summed E-state index contributed by atoms with van der Waals surface area (Å²) in [6, 6.07) is 0.714. The lowest BCUT2D eigenvalue weighted by Gasteiger charge is -2.51. The summed E-state index contributed by atoms with van der Waals surface area (Å²) in [5.41, 5.74) is 0.0309. The van der Waals surface area contributed by atoms with Crippen molar-refractivity contribution in [2.75, 3.05) is 26.1 Å². The second-order valence-electron chi connectivity index (χ2n) is 5.33. The first-order valence-electron chi connectivity index (χ1n) is 6.73. The van der Waals surface area contributed by atoms with Crippen molar-refractivity contribution in [2.24, 2.45) is 5.41 Å². The van der Waals surface area contributed by atoms with Crippen molar-refractivity contribution in [3.8, 4) is 12.0 Å². The Morgan fingerprint density at radius 2 is 1.75 bits per heavy atom. The van der Waals surface area contributed by atoms with Gasteiger partial charge in [-0.25, -0.2) is 0 Å². The Hall–Kier alpha value is -1.63. The van der Waals surface area contributed by atoms with Crippen molar-refractivity contribution in [2.45, 2.75) is 39.3 Å². The van der Waals surface area contributed by atoms with Crippen LogP contribution in [0.15, 0.2) is 0 Å². The maximum Gasteiger partial charge on any atom is 0.324 e. The molecule has 2 atom stereocenters. The maximum atomic E-state index is 5.71. The van der Waals surface area contributed by atoms with E-state index in [-0.39, 0.29) is 29.6 Å². The van der Waals surface area contributed by atoms with Crippen molar-refractivity contribution in [1.29, 1.82) is 0 Å². The number of nitrogens with one attached hydrogen (secondary N) is 1. The molecule has 20 heavy (non-hydrogen) atoms. The van der Waals surface area contributed by atoms with Gasteiger partial charge in [0, 0.05) is 18.1 Å². The second-order valence-corrected chi connectivity index (χ2v) is 5.33. The van der Waals surface area contributed by atoms with Crippen LogP contribution in [0.4, 0.5) is 5.95 Å². The van der Waals surface area contributed by atoms with Crippen LogP contribution in [0.5, 0.6) is 12.0 Å². The molecule has 0 spiro atoms. The van der Waals surface area contributed by atoms with Crippen LogP contribution >= 0.6 is 0 Å². The van der Waals surface area contributed by atoms with Gasteiger partial charge in [0.05, 0.1) is 20.3 Å². The number of rotatable bonds is 6. The first-order valence-corrected chi connectivity index (χ1v) is 6.73. The Bertz CT molecular complexity index is 445. The fraction of sp³-hybridized carbons (Fsp3) is 0.769. The average molecular weight is 282 g/mol. The molecule has 1 aromatic rings. The predicted octanol–water partition coefficient (Wildman–Crippen LogP) is 1.50. The molecule has 1 aliphatic rings. The number of aromatic nitrogens is 3. The molecule has 0 saturated heterocycles. The highest BCUT2D eigenvalue weighted by Crippen LogP contribution is 2.44. The summed E-state index contributed by atoms with van der Waals surface area (Å²) < 4.78 is 15.8. The normalized spacial score (nSPS) is 23.9. The highest BCUT2D eigenvalue weighted by atomic mass is 16.5. The van der Waals surface area contributed by atoms with Crippen LogP contribution < -0.4 is 14.8 Å². The maximum absolute atomic E-state index is 5.71. The first kappa shape index (κ1) is 14.8. The van der Waals surface area contributed by atoms with Crippen LogP contribution in [0.1, 0.15) is 27.2 Å². The van der Waals surface area contributed by atoms with Gasteiger partial charge in [-0.15, -0.1) is 4.98 Å². The zero-order chi connectivity index (χ0) is 14.8. The Morgan fingerprint density at radius 3 is 2.20 bits per heavy atom. The van der Waals surface area contributed by atoms with Crippen molar-refractivity contribution in [1.82, 2.24) is 15.0 Å². The third-order valence-corrected chi connectivity index (χ3v) is 3.81. The highest BCUT2D eigenvalue weighted by molar-refractivity contribution is 5.32. The van der Waals surface area contributed by atoms with Gasteiger partial charge in [-0.2, -0.15) is 9.97 Å². The molecule has 0 radical (unpaired) electrons. The molecule has 1 aliphatic carbocycles. The standard InChI is InChI=1S/C13H22N4O3/c1-6-20-9-7-8(13(9,2)3)14-10-15-11(18-4)17-12(16-10)19-5/h8-9H,6-7H2,1-5H3,(H,14,15,16,17). The zero-order valence-electron chi connectivity index (χ0n) is 12.6. The Kier molecular flexibility index (Phi) is 4.27. The fourth-order valence-electron chi connectivity index (χ4n) is 2.36. The number of anilines is 1. The van der Waals surface area contributed by atoms with Gasteiger partial charge >= 0.3 is 12.0 Å². The summed E-state index contributed by atoms with van der Waals surface area (Å²) in [6.07, 6.45) is 1.19. The summed E-state index contributed by atoms with van der Waals surface area (Å²) >= 11 is 0. The molecule has 2 unspecified atom stereocenters. The summed E-state index contributed by atoms with van der Waals surface area (Å²) in [6.45, 7) is 7.08. The molecular weight excluding hydrogens is 260 g/mol. The van der Waals surface area contributed by atoms with Crippen LogP contribution in [0.25, 0.3) is 0 Å². The summed E-state index contributed by atoms with van der Waals surface area (Å²) in [4.78, 5) is 12.3. The molecule has 1 aromatic heterocycles. The molecular formula is C13H22N4O3. The van der Waals surface area contributed by atoms with Gasteiger partial charge in [0.25, 0.3) is 0 Å². The number of ether oxygens (including phenoxy) is 3. The van der Waals surface area contributed by atoms with Crippen LogP contribution in [0.3, 0.4) is 0 Å². The number of hydrogen-bond acceptors (Lipinski definition) is 7. The van der Waals surface area contributed by atoms with Gasteiger partial charge in [0.15, 0.2) is 0 Å². The molecule has 0 bridgehead atoms. The summed E-state index contributed by atoms with van der Waals surface area (Å²) in [7, 11) is 3.02. The lowest BCUT2D eigenvalue weighted by molar-refractivity contribution is -0.0977. The second kappa shape index (κ2) is 5.78. The molecule has 1 heterocycles. The topological polar surface area (TPSA) is 78.4 Å². The molecule has 7 heteroatoms. The summed E-state index contributed by atoms with van der Waals surface area (Å²) in [5, 5.41) is 3.30. The number of methoxy groups -OCH3 is 2. The van der Waals surface area contributed by atoms with Crippen LogP contribution in [-0.4, -0.2) is 47.9 Å². The van der Waals surface area contributed by atoms with Gasteiger partial charge in [0.1, 0.15) is 0 Å². The molecule has 2 rings (SSSR count). The minimum atomic E-state index is 0.0309. The third kappa shape index (κ3) is 2.77. The average Bonchev–Trinajstić information content (AvgIpc) is 2.45. The van der Waals surface area contributed by atoms with Crippen molar-refractivity contribution in [3.05, 3.63) is 0 Å². The van der Waals surface area contributed by atoms with Gasteiger partial charge in [0.2, 0.25) is 5.95 Å². The molecule has 1 N–H and O–H groups in total. The number of hydrogen-bond donors (Lipinski definition) is 1. The van der Waals surface area contributed by atoms with E-state index in [1.54, 1.807) is 0 Å². The van der Waals surface area contributed by atoms with Crippen molar-refractivity contribution in [3.63, 3.8) is 0 Å². The Labute approximate surface area is 119 Å². The van der Waals surface area contributed by atoms with E-state index in [0.29, 0.717) is 5.95 Å². The van der Waals surface area contributed by atoms with E-state index in [1.807, 2.05) is 6.92 Å². The van der Waals surface area contributed by atoms with E-state index in [1.165, 1.54) is 14.2 Å². The molecule has 0 aromatic carbocycles. The van der Waals surface area contributed by atoms with Crippen molar-refractivity contribution >= 4 is 5.95 Å². The molecule has 112 valence electrons. The third-order valence-electron chi connectivity index (χ3n) is 3.81. The summed E-state index contributed by atoms with van der Waals surface area (Å²) in [5.74, 6) is 0.460. The van der Waals surface area contributed by atoms with Crippen LogP contribution in [0.2, 0.25) is 0 Å². The van der Waals surface area contributed by atoms with E-state index in [0.717, 1.165) is 13.0 Å². The quantitative estimate of drug-likeness (QED) is 0.847. The highest BCUT2D eigenvalue weighted by Gasteiger charge is 2.49. The van der Waals surface area contributed by atoms with Crippen molar-refractivity contribution < 1.29 is 14.2 Å². The SMILES string of the molecule is CCOC1CC(Nc2nc(OC)nc(OC)n2)C1(C)C. The first-order chi connectivity index (χ1) is 9.51. The largest absolute Gasteiger partial charge is 0.467 e. The van der Waals surface area contributed by atoms with E-state index in [4.69, 9.17) is 14.2 Å². The van der Waals surface area contributed by atoms with E-state index < -0.39 is 0 Å². The Morgan fingerprint density at radius 1 is 1.15 bits per heavy atom. The van der Waals surface area contributed by atoms with Gasteiger partial charge < -0.3 is 19.5 Å². The Balaban J connectivity index is 2.07. The van der Waals surface area contributed by atoms with Gasteiger partial charge in [-0.05, 0) is 13.3 Å². The van der Waals surface area contributed by atoms with E-state index in [2.05, 4.69) is 34.1 Å². The smallest absolute Gasteiger partial charge is 0.324 e. The minimum absolute atomic E-state index is 0.0309. The monoisotopic (exact) mass is 282 g/mol. The van der Waals surface area contributed by atoms with Crippen LogP contribution in [0, 0.1) is 5.41 Å². The lowest BCUT2D eigenvalue weighted by atomic mass is 9.64. The van der Waals surface area contributed by atoms with Gasteiger partial charge in [-0.3, -0.25) is 0 Å². The molecule has 7 nitrogen and oxygen atoms in total. The minimum Gasteiger partial charge on any atom is -0.467 e. The van der Waals surface area contributed by atoms with Crippen LogP contribution in [-0.2, 0) is 4.74 Å². The zero-order valence-corrected chi connectivity index (χ0v) is 12.6. The fourth-order valence-corrected chi connectivity index (χ4v) is 2.36. The van der Waals surface area contributed by atoms with E-state index >= 15 is 0 Å². The number of nitrogens with zero attached hydrogens (tertiary/aromatic N) is 3. The molecule has 1 saturated carbocycles. The predicted molar refractivity (Wildman–Crippen MR) is 74.2 cm³/mol.